The summed E-state index contributed by atoms with van der Waals surface area (Å²) in [5, 5.41) is 10.9. The fourth-order valence-electron chi connectivity index (χ4n) is 1.55. The number of rotatable bonds is 1. The molecule has 2 amide bonds. The van der Waals surface area contributed by atoms with Crippen LogP contribution in [0.2, 0.25) is 0 Å². The summed E-state index contributed by atoms with van der Waals surface area (Å²) in [7, 11) is 0. The first-order valence-corrected chi connectivity index (χ1v) is 6.20. The number of hydrogen-bond acceptors (Lipinski definition) is 4. The first-order chi connectivity index (χ1) is 7.57. The predicted molar refractivity (Wildman–Crippen MR) is 61.7 cm³/mol. The van der Waals surface area contributed by atoms with E-state index in [-0.39, 0.29) is 12.6 Å². The van der Waals surface area contributed by atoms with E-state index in [0.717, 1.165) is 5.75 Å². The topological polar surface area (TPSA) is 73.2 Å². The quantitative estimate of drug-likeness (QED) is 0.517. The van der Waals surface area contributed by atoms with Gasteiger partial charge in [0.2, 0.25) is 0 Å². The van der Waals surface area contributed by atoms with Gasteiger partial charge in [-0.2, -0.15) is 17.0 Å². The standard InChI is InChI=1S/C10H15N3O2S/c1-7-8(2)16-6-5-13(7)10(15)9(14)12-4-3-11/h7-8H,4-6H2,1-2H3,(H,12,14). The van der Waals surface area contributed by atoms with E-state index in [1.807, 2.05) is 13.8 Å². The van der Waals surface area contributed by atoms with Crippen molar-refractivity contribution in [2.75, 3.05) is 18.8 Å². The molecule has 5 nitrogen and oxygen atoms in total. The Labute approximate surface area is 99.2 Å². The van der Waals surface area contributed by atoms with Crippen molar-refractivity contribution in [1.82, 2.24) is 10.2 Å². The number of carbonyl (C=O) groups is 2. The van der Waals surface area contributed by atoms with Gasteiger partial charge in [0.1, 0.15) is 6.54 Å². The maximum atomic E-state index is 11.8. The maximum Gasteiger partial charge on any atom is 0.312 e. The van der Waals surface area contributed by atoms with Gasteiger partial charge in [-0.25, -0.2) is 0 Å². The van der Waals surface area contributed by atoms with Crippen LogP contribution in [0.15, 0.2) is 0 Å². The fraction of sp³-hybridized carbons (Fsp3) is 0.700. The largest absolute Gasteiger partial charge is 0.335 e. The predicted octanol–water partition coefficient (Wildman–Crippen LogP) is -0.0214. The van der Waals surface area contributed by atoms with Gasteiger partial charge in [-0.15, -0.1) is 0 Å². The molecule has 6 heteroatoms. The minimum absolute atomic E-state index is 0.0547. The number of nitrogens with one attached hydrogen (secondary N) is 1. The average Bonchev–Trinajstić information content (AvgIpc) is 2.28. The van der Waals surface area contributed by atoms with E-state index in [2.05, 4.69) is 5.32 Å². The summed E-state index contributed by atoms with van der Waals surface area (Å²) in [5.74, 6) is -0.370. The van der Waals surface area contributed by atoms with Crippen molar-refractivity contribution in [2.45, 2.75) is 25.1 Å². The third kappa shape index (κ3) is 2.89. The average molecular weight is 241 g/mol. The molecule has 1 fully saturated rings. The van der Waals surface area contributed by atoms with Crippen LogP contribution in [0.3, 0.4) is 0 Å². The van der Waals surface area contributed by atoms with Crippen LogP contribution in [0.25, 0.3) is 0 Å². The number of hydrogen-bond donors (Lipinski definition) is 1. The summed E-state index contributed by atoms with van der Waals surface area (Å²) in [5.41, 5.74) is 0. The molecule has 0 bridgehead atoms. The van der Waals surface area contributed by atoms with E-state index < -0.39 is 11.8 Å². The van der Waals surface area contributed by atoms with Gasteiger partial charge in [0, 0.05) is 23.6 Å². The number of nitriles is 1. The van der Waals surface area contributed by atoms with Crippen molar-refractivity contribution in [3.63, 3.8) is 0 Å². The number of thioether (sulfide) groups is 1. The minimum Gasteiger partial charge on any atom is -0.335 e. The molecule has 2 unspecified atom stereocenters. The lowest BCUT2D eigenvalue weighted by Crippen LogP contribution is -2.52. The van der Waals surface area contributed by atoms with E-state index in [9.17, 15) is 9.59 Å². The normalized spacial score (nSPS) is 24.7. The van der Waals surface area contributed by atoms with Crippen molar-refractivity contribution in [1.29, 1.82) is 5.26 Å². The lowest BCUT2D eigenvalue weighted by molar-refractivity contribution is -0.147. The van der Waals surface area contributed by atoms with E-state index in [1.54, 1.807) is 22.7 Å². The Hall–Kier alpha value is -1.22. The second kappa shape index (κ2) is 5.75. The highest BCUT2D eigenvalue weighted by Crippen LogP contribution is 2.24. The fourth-order valence-corrected chi connectivity index (χ4v) is 2.64. The molecule has 0 aromatic rings. The van der Waals surface area contributed by atoms with E-state index in [4.69, 9.17) is 5.26 Å². The highest BCUT2D eigenvalue weighted by molar-refractivity contribution is 8.00. The third-order valence-corrected chi connectivity index (χ3v) is 4.00. The van der Waals surface area contributed by atoms with Crippen molar-refractivity contribution in [3.05, 3.63) is 0 Å². The first kappa shape index (κ1) is 12.8. The lowest BCUT2D eigenvalue weighted by atomic mass is 10.2. The summed E-state index contributed by atoms with van der Waals surface area (Å²) < 4.78 is 0. The molecular formula is C10H15N3O2S. The Morgan fingerprint density at radius 1 is 1.56 bits per heavy atom. The highest BCUT2D eigenvalue weighted by Gasteiger charge is 2.31. The second-order valence-corrected chi connectivity index (χ2v) is 5.14. The molecule has 0 radical (unpaired) electrons. The van der Waals surface area contributed by atoms with Crippen LogP contribution in [-0.4, -0.2) is 46.8 Å². The molecule has 1 N–H and O–H groups in total. The monoisotopic (exact) mass is 241 g/mol. The van der Waals surface area contributed by atoms with Crippen LogP contribution < -0.4 is 5.32 Å². The van der Waals surface area contributed by atoms with Crippen LogP contribution in [0, 0.1) is 11.3 Å². The molecule has 1 aliphatic heterocycles. The van der Waals surface area contributed by atoms with Crippen molar-refractivity contribution < 1.29 is 9.59 Å². The van der Waals surface area contributed by atoms with Gasteiger partial charge < -0.3 is 10.2 Å². The lowest BCUT2D eigenvalue weighted by Gasteiger charge is -2.36. The summed E-state index contributed by atoms with van der Waals surface area (Å²) in [6.45, 7) is 4.44. The molecule has 1 aliphatic rings. The number of amides is 2. The molecule has 0 saturated carbocycles. The Morgan fingerprint density at radius 3 is 2.88 bits per heavy atom. The summed E-state index contributed by atoms with van der Waals surface area (Å²) in [6, 6.07) is 1.82. The van der Waals surface area contributed by atoms with E-state index in [1.165, 1.54) is 0 Å². The van der Waals surface area contributed by atoms with Gasteiger partial charge in [0.25, 0.3) is 0 Å². The van der Waals surface area contributed by atoms with Crippen LogP contribution in [0.5, 0.6) is 0 Å². The molecule has 0 aromatic carbocycles. The highest BCUT2D eigenvalue weighted by atomic mass is 32.2. The number of carbonyl (C=O) groups excluding carboxylic acids is 2. The van der Waals surface area contributed by atoms with Crippen molar-refractivity contribution in [2.24, 2.45) is 0 Å². The molecule has 88 valence electrons. The first-order valence-electron chi connectivity index (χ1n) is 5.15. The maximum absolute atomic E-state index is 11.8. The van der Waals surface area contributed by atoms with Gasteiger partial charge in [-0.1, -0.05) is 6.92 Å². The van der Waals surface area contributed by atoms with Crippen LogP contribution in [0.1, 0.15) is 13.8 Å². The molecule has 2 atom stereocenters. The molecule has 0 aliphatic carbocycles. The molecule has 1 rings (SSSR count). The van der Waals surface area contributed by atoms with Crippen LogP contribution in [0.4, 0.5) is 0 Å². The molecule has 16 heavy (non-hydrogen) atoms. The summed E-state index contributed by atoms with van der Waals surface area (Å²) in [4.78, 5) is 24.7. The molecule has 0 spiro atoms. The molecule has 1 saturated heterocycles. The van der Waals surface area contributed by atoms with Crippen molar-refractivity contribution in [3.8, 4) is 6.07 Å². The Balaban J connectivity index is 2.59. The van der Waals surface area contributed by atoms with Gasteiger partial charge in [0.15, 0.2) is 0 Å². The SMILES string of the molecule is CC1SCCN(C(=O)C(=O)NCC#N)C1C. The summed E-state index contributed by atoms with van der Waals surface area (Å²) in [6.07, 6.45) is 0. The Morgan fingerprint density at radius 2 is 2.25 bits per heavy atom. The molecule has 1 heterocycles. The minimum atomic E-state index is -0.687. The van der Waals surface area contributed by atoms with Crippen LogP contribution >= 0.6 is 11.8 Å². The number of nitrogens with zero attached hydrogens (tertiary/aromatic N) is 2. The van der Waals surface area contributed by atoms with Crippen LogP contribution in [-0.2, 0) is 9.59 Å². The Kier molecular flexibility index (Phi) is 4.62. The smallest absolute Gasteiger partial charge is 0.312 e. The zero-order valence-electron chi connectivity index (χ0n) is 9.40. The third-order valence-electron chi connectivity index (χ3n) is 2.67. The van der Waals surface area contributed by atoms with Gasteiger partial charge in [0.05, 0.1) is 6.07 Å². The van der Waals surface area contributed by atoms with E-state index in [0.29, 0.717) is 11.8 Å². The zero-order chi connectivity index (χ0) is 12.1. The summed E-state index contributed by atoms with van der Waals surface area (Å²) >= 11 is 1.80. The van der Waals surface area contributed by atoms with Crippen molar-refractivity contribution >= 4 is 23.6 Å². The zero-order valence-corrected chi connectivity index (χ0v) is 10.2. The second-order valence-electron chi connectivity index (χ2n) is 3.66. The molecule has 0 aromatic heterocycles. The van der Waals surface area contributed by atoms with E-state index >= 15 is 0 Å². The van der Waals surface area contributed by atoms with Gasteiger partial charge in [-0.05, 0) is 6.92 Å². The Bertz CT molecular complexity index is 327. The van der Waals surface area contributed by atoms with Gasteiger partial charge >= 0.3 is 11.8 Å². The molecular weight excluding hydrogens is 226 g/mol. The van der Waals surface area contributed by atoms with Gasteiger partial charge in [-0.3, -0.25) is 9.59 Å².